The van der Waals surface area contributed by atoms with E-state index in [4.69, 9.17) is 16.3 Å². The Morgan fingerprint density at radius 3 is 2.78 bits per heavy atom. The van der Waals surface area contributed by atoms with Gasteiger partial charge in [0.05, 0.1) is 30.8 Å². The first-order valence-electron chi connectivity index (χ1n) is 7.11. The van der Waals surface area contributed by atoms with Gasteiger partial charge in [0.15, 0.2) is 5.65 Å². The molecule has 3 rings (SSSR count). The molecule has 0 spiro atoms. The van der Waals surface area contributed by atoms with Gasteiger partial charge >= 0.3 is 6.18 Å². The minimum absolute atomic E-state index is 0.0290. The van der Waals surface area contributed by atoms with Crippen LogP contribution in [0.15, 0.2) is 6.20 Å². The molecule has 0 amide bonds. The quantitative estimate of drug-likeness (QED) is 0.780. The lowest BCUT2D eigenvalue weighted by Gasteiger charge is -2.34. The zero-order chi connectivity index (χ0) is 16.8. The Morgan fingerprint density at radius 1 is 1.39 bits per heavy atom. The molecule has 23 heavy (non-hydrogen) atoms. The maximum atomic E-state index is 13.0. The number of hydrogen-bond acceptors (Lipinski definition) is 5. The standard InChI is InChI=1S/C13H15ClF3N5O/c1-7-6-23-4-3-21(7)10-9-5-18-22(8(2)13(15,16)17)11(9)20-12(14)19-10/h5,7-8H,3-4,6H2,1-2H3/t7-,8?/m1/s1. The third-order valence-corrected chi connectivity index (χ3v) is 4.06. The van der Waals surface area contributed by atoms with Crippen LogP contribution in [0.4, 0.5) is 19.0 Å². The van der Waals surface area contributed by atoms with Crippen molar-refractivity contribution in [2.24, 2.45) is 0 Å². The predicted octanol–water partition coefficient (Wildman–Crippen LogP) is 2.83. The van der Waals surface area contributed by atoms with Gasteiger partial charge in [0.1, 0.15) is 11.9 Å². The summed E-state index contributed by atoms with van der Waals surface area (Å²) in [5, 5.41) is 4.20. The first kappa shape index (κ1) is 16.3. The first-order chi connectivity index (χ1) is 10.8. The van der Waals surface area contributed by atoms with Crippen molar-refractivity contribution in [2.45, 2.75) is 32.1 Å². The van der Waals surface area contributed by atoms with Crippen molar-refractivity contribution < 1.29 is 17.9 Å². The normalized spacial score (nSPS) is 21.0. The lowest BCUT2D eigenvalue weighted by atomic mass is 10.2. The lowest BCUT2D eigenvalue weighted by Crippen LogP contribution is -2.44. The number of ether oxygens (including phenoxy) is 1. The second kappa shape index (κ2) is 5.79. The molecule has 0 radical (unpaired) electrons. The summed E-state index contributed by atoms with van der Waals surface area (Å²) in [6.07, 6.45) is -3.08. The number of alkyl halides is 3. The van der Waals surface area contributed by atoms with Crippen LogP contribution >= 0.6 is 11.6 Å². The average molecular weight is 350 g/mol. The van der Waals surface area contributed by atoms with Crippen LogP contribution in [0.1, 0.15) is 19.9 Å². The van der Waals surface area contributed by atoms with Crippen molar-refractivity contribution in [2.75, 3.05) is 24.7 Å². The van der Waals surface area contributed by atoms with Gasteiger partial charge in [-0.2, -0.15) is 28.2 Å². The molecule has 2 aromatic rings. The van der Waals surface area contributed by atoms with Gasteiger partial charge in [-0.05, 0) is 25.4 Å². The Labute approximate surface area is 135 Å². The van der Waals surface area contributed by atoms with Crippen LogP contribution in [-0.4, -0.2) is 51.7 Å². The average Bonchev–Trinajstić information content (AvgIpc) is 2.88. The molecule has 1 saturated heterocycles. The molecule has 2 atom stereocenters. The summed E-state index contributed by atoms with van der Waals surface area (Å²) in [6.45, 7) is 4.57. The minimum Gasteiger partial charge on any atom is -0.377 e. The smallest absolute Gasteiger partial charge is 0.377 e. The molecule has 0 aliphatic carbocycles. The van der Waals surface area contributed by atoms with E-state index in [1.54, 1.807) is 0 Å². The molecule has 126 valence electrons. The van der Waals surface area contributed by atoms with Crippen LogP contribution in [0, 0.1) is 0 Å². The zero-order valence-corrected chi connectivity index (χ0v) is 13.3. The topological polar surface area (TPSA) is 56.1 Å². The van der Waals surface area contributed by atoms with Crippen molar-refractivity contribution >= 4 is 28.5 Å². The molecule has 1 fully saturated rings. The summed E-state index contributed by atoms with van der Waals surface area (Å²) in [7, 11) is 0. The van der Waals surface area contributed by atoms with E-state index in [0.29, 0.717) is 31.0 Å². The van der Waals surface area contributed by atoms with Crippen molar-refractivity contribution in [1.29, 1.82) is 0 Å². The van der Waals surface area contributed by atoms with Crippen molar-refractivity contribution in [3.63, 3.8) is 0 Å². The third-order valence-electron chi connectivity index (χ3n) is 3.89. The fraction of sp³-hybridized carbons (Fsp3) is 0.615. The highest BCUT2D eigenvalue weighted by molar-refractivity contribution is 6.28. The van der Waals surface area contributed by atoms with Crippen LogP contribution in [0.25, 0.3) is 11.0 Å². The van der Waals surface area contributed by atoms with E-state index < -0.39 is 12.2 Å². The molecule has 1 aliphatic rings. The maximum Gasteiger partial charge on any atom is 0.410 e. The van der Waals surface area contributed by atoms with Gasteiger partial charge in [-0.15, -0.1) is 0 Å². The number of aromatic nitrogens is 4. The summed E-state index contributed by atoms with van der Waals surface area (Å²) in [6, 6.07) is -1.78. The van der Waals surface area contributed by atoms with Crippen LogP contribution in [0.5, 0.6) is 0 Å². The van der Waals surface area contributed by atoms with Gasteiger partial charge < -0.3 is 9.64 Å². The monoisotopic (exact) mass is 349 g/mol. The summed E-state index contributed by atoms with van der Waals surface area (Å²) in [4.78, 5) is 10.1. The van der Waals surface area contributed by atoms with E-state index in [9.17, 15) is 13.2 Å². The Balaban J connectivity index is 2.12. The number of rotatable bonds is 2. The molecule has 0 aromatic carbocycles. The predicted molar refractivity (Wildman–Crippen MR) is 78.7 cm³/mol. The maximum absolute atomic E-state index is 13.0. The molecular weight excluding hydrogens is 335 g/mol. The van der Waals surface area contributed by atoms with Gasteiger partial charge in [-0.1, -0.05) is 0 Å². The summed E-state index contributed by atoms with van der Waals surface area (Å²) in [5.41, 5.74) is 0.0727. The zero-order valence-electron chi connectivity index (χ0n) is 12.5. The van der Waals surface area contributed by atoms with Crippen LogP contribution in [-0.2, 0) is 4.74 Å². The van der Waals surface area contributed by atoms with Crippen molar-refractivity contribution in [3.05, 3.63) is 11.5 Å². The Hall–Kier alpha value is -1.61. The van der Waals surface area contributed by atoms with Crippen LogP contribution in [0.2, 0.25) is 5.28 Å². The summed E-state index contributed by atoms with van der Waals surface area (Å²) >= 11 is 5.94. The molecule has 10 heteroatoms. The lowest BCUT2D eigenvalue weighted by molar-refractivity contribution is -0.164. The number of fused-ring (bicyclic) bond motifs is 1. The highest BCUT2D eigenvalue weighted by atomic mass is 35.5. The van der Waals surface area contributed by atoms with Gasteiger partial charge in [-0.3, -0.25) is 0 Å². The van der Waals surface area contributed by atoms with E-state index in [-0.39, 0.29) is 17.0 Å². The van der Waals surface area contributed by atoms with E-state index >= 15 is 0 Å². The van der Waals surface area contributed by atoms with Crippen LogP contribution < -0.4 is 4.90 Å². The van der Waals surface area contributed by atoms with Crippen molar-refractivity contribution in [1.82, 2.24) is 19.7 Å². The summed E-state index contributed by atoms with van der Waals surface area (Å²) < 4.78 is 45.2. The fourth-order valence-corrected chi connectivity index (χ4v) is 2.73. The minimum atomic E-state index is -4.43. The second-order valence-corrected chi connectivity index (χ2v) is 5.82. The summed E-state index contributed by atoms with van der Waals surface area (Å²) in [5.74, 6) is 0.483. The van der Waals surface area contributed by atoms with E-state index in [1.807, 2.05) is 11.8 Å². The van der Waals surface area contributed by atoms with Gasteiger partial charge in [-0.25, -0.2) is 4.68 Å². The molecule has 1 aliphatic heterocycles. The number of halogens is 4. The number of anilines is 1. The van der Waals surface area contributed by atoms with E-state index in [2.05, 4.69) is 15.1 Å². The third kappa shape index (κ3) is 2.94. The molecule has 3 heterocycles. The highest BCUT2D eigenvalue weighted by Gasteiger charge is 2.39. The van der Waals surface area contributed by atoms with E-state index in [0.717, 1.165) is 11.6 Å². The fourth-order valence-electron chi connectivity index (χ4n) is 2.57. The SMILES string of the molecule is CC(n1ncc2c(N3CCOC[C@H]3C)nc(Cl)nc21)C(F)(F)F. The van der Waals surface area contributed by atoms with Crippen LogP contribution in [0.3, 0.4) is 0 Å². The first-order valence-corrected chi connectivity index (χ1v) is 7.48. The molecule has 2 aromatic heterocycles. The second-order valence-electron chi connectivity index (χ2n) is 5.48. The number of hydrogen-bond donors (Lipinski definition) is 0. The molecular formula is C13H15ClF3N5O. The molecule has 6 nitrogen and oxygen atoms in total. The Bertz CT molecular complexity index is 719. The number of morpholine rings is 1. The Morgan fingerprint density at radius 2 is 2.13 bits per heavy atom. The van der Waals surface area contributed by atoms with Gasteiger partial charge in [0.25, 0.3) is 0 Å². The van der Waals surface area contributed by atoms with Crippen molar-refractivity contribution in [3.8, 4) is 0 Å². The largest absolute Gasteiger partial charge is 0.410 e. The molecule has 1 unspecified atom stereocenters. The highest BCUT2D eigenvalue weighted by Crippen LogP contribution is 2.34. The molecule has 0 N–H and O–H groups in total. The molecule has 0 bridgehead atoms. The molecule has 0 saturated carbocycles. The van der Waals surface area contributed by atoms with E-state index in [1.165, 1.54) is 6.20 Å². The Kier molecular flexibility index (Phi) is 4.09. The number of nitrogens with zero attached hydrogens (tertiary/aromatic N) is 5. The van der Waals surface area contributed by atoms with Gasteiger partial charge in [0, 0.05) is 6.54 Å². The van der Waals surface area contributed by atoms with Gasteiger partial charge in [0.2, 0.25) is 5.28 Å².